The summed E-state index contributed by atoms with van der Waals surface area (Å²) in [6.07, 6.45) is -5.21. The van der Waals surface area contributed by atoms with Crippen LogP contribution in [0.1, 0.15) is 11.8 Å². The maximum Gasteiger partial charge on any atom is 0.280 e. The first-order valence-electron chi connectivity index (χ1n) is 8.95. The highest BCUT2D eigenvalue weighted by Gasteiger charge is 2.44. The Balaban J connectivity index is 0.00000408. The van der Waals surface area contributed by atoms with Crippen molar-refractivity contribution in [1.82, 2.24) is 23.0 Å². The Hall–Kier alpha value is -1.40. The van der Waals surface area contributed by atoms with Gasteiger partial charge in [-0.3, -0.25) is 23.1 Å². The standard InChI is InChI=1S/C15H20NO14P3.3H3N/c1-8-3-2-4-9-5-6-16(14(19)11(8)9)15-13(18)12(17)10(28-15)7-27-32(23,24)30-33(25,26)29-31(20,21)22;;;/h2-6,10,12-13,15,17-18H,7H2,1H3,(H,23,24)(H,25,26)(H2,20,21,22);3*1H3/t10-,12-,13-,15-;;;/m1.../s1. The zero-order valence-electron chi connectivity index (χ0n) is 19.5. The van der Waals surface area contributed by atoms with E-state index in [-0.39, 0.29) is 18.5 Å². The van der Waals surface area contributed by atoms with E-state index in [2.05, 4.69) is 13.1 Å². The third-order valence-corrected chi connectivity index (χ3v) is 8.27. The second-order valence-electron chi connectivity index (χ2n) is 6.94. The van der Waals surface area contributed by atoms with Gasteiger partial charge < -0.3 is 57.5 Å². The average Bonchev–Trinajstić information content (AvgIpc) is 2.92. The maximum absolute atomic E-state index is 12.9. The molecule has 3 unspecified atom stereocenters. The van der Waals surface area contributed by atoms with Crippen molar-refractivity contribution in [3.8, 4) is 0 Å². The van der Waals surface area contributed by atoms with Crippen LogP contribution in [0, 0.1) is 6.92 Å². The predicted molar refractivity (Wildman–Crippen MR) is 120 cm³/mol. The monoisotopic (exact) mass is 582 g/mol. The number of phosphoric acid groups is 3. The molecule has 2 aromatic rings. The van der Waals surface area contributed by atoms with Gasteiger partial charge in [-0.05, 0) is 23.9 Å². The van der Waals surface area contributed by atoms with E-state index < -0.39 is 60.2 Å². The number of rotatable bonds is 8. The SMILES string of the molecule is Cc1cccc2ccn([C@@H]3O[C@H](COP(=O)([O-])OP(=O)([O-])OP(=O)([O-])O)[C@@H](O)[C@H]3O)c(=O)c12.[NH4+].[NH4+].[NH4+]. The number of hydrogen-bond acceptors (Lipinski definition) is 13. The number of aryl methyl sites for hydroxylation is 1. The van der Waals surface area contributed by atoms with Gasteiger partial charge in [-0.15, -0.1) is 0 Å². The molecule has 1 aliphatic heterocycles. The highest BCUT2D eigenvalue weighted by atomic mass is 31.3. The molecule has 3 rings (SSSR count). The Labute approximate surface area is 203 Å². The largest absolute Gasteiger partial charge is 0.756 e. The van der Waals surface area contributed by atoms with Gasteiger partial charge in [-0.2, -0.15) is 0 Å². The van der Waals surface area contributed by atoms with Crippen LogP contribution in [0.3, 0.4) is 0 Å². The van der Waals surface area contributed by atoms with Gasteiger partial charge in [0.25, 0.3) is 29.0 Å². The topological polar surface area (TPSA) is 350 Å². The van der Waals surface area contributed by atoms with Gasteiger partial charge in [0, 0.05) is 6.20 Å². The molecule has 7 atom stereocenters. The smallest absolute Gasteiger partial charge is 0.280 e. The molecule has 0 radical (unpaired) electrons. The first-order valence-corrected chi connectivity index (χ1v) is 13.4. The summed E-state index contributed by atoms with van der Waals surface area (Å²) in [5, 5.41) is 21.4. The van der Waals surface area contributed by atoms with Crippen molar-refractivity contribution in [1.29, 1.82) is 0 Å². The minimum absolute atomic E-state index is 0. The lowest BCUT2D eigenvalue weighted by Gasteiger charge is -2.33. The molecule has 0 bridgehead atoms. The zero-order valence-corrected chi connectivity index (χ0v) is 22.2. The van der Waals surface area contributed by atoms with Gasteiger partial charge in [0.1, 0.15) is 18.3 Å². The number of benzene rings is 1. The molecule has 1 saturated heterocycles. The number of fused-ring (bicyclic) bond motifs is 1. The Morgan fingerprint density at radius 3 is 2.19 bits per heavy atom. The van der Waals surface area contributed by atoms with Crippen molar-refractivity contribution in [3.63, 3.8) is 0 Å². The first-order chi connectivity index (χ1) is 15.1. The Morgan fingerprint density at radius 2 is 1.61 bits per heavy atom. The summed E-state index contributed by atoms with van der Waals surface area (Å²) in [6.45, 7) is 0.600. The molecule has 1 aliphatic rings. The second-order valence-corrected chi connectivity index (χ2v) is 11.2. The van der Waals surface area contributed by atoms with Crippen LogP contribution in [-0.2, 0) is 31.6 Å². The third kappa shape index (κ3) is 8.05. The summed E-state index contributed by atoms with van der Waals surface area (Å²) in [6, 6.07) is 6.69. The molecule has 1 aromatic carbocycles. The van der Waals surface area contributed by atoms with E-state index in [0.29, 0.717) is 16.3 Å². The van der Waals surface area contributed by atoms with Crippen molar-refractivity contribution in [2.24, 2.45) is 0 Å². The number of nitrogens with zero attached hydrogens (tertiary/aromatic N) is 1. The van der Waals surface area contributed by atoms with E-state index >= 15 is 0 Å². The Morgan fingerprint density at radius 1 is 1.00 bits per heavy atom. The van der Waals surface area contributed by atoms with Crippen molar-refractivity contribution >= 4 is 34.2 Å². The van der Waals surface area contributed by atoms with Gasteiger partial charge in [-0.1, -0.05) is 18.2 Å². The van der Waals surface area contributed by atoms with Crippen LogP contribution in [0.25, 0.3) is 10.8 Å². The lowest BCUT2D eigenvalue weighted by Crippen LogP contribution is -2.35. The van der Waals surface area contributed by atoms with E-state index in [1.807, 2.05) is 0 Å². The van der Waals surface area contributed by atoms with Crippen LogP contribution in [0.2, 0.25) is 0 Å². The minimum atomic E-state index is -6.09. The number of quaternary nitrogens is 3. The van der Waals surface area contributed by atoms with Crippen molar-refractivity contribution < 1.29 is 61.4 Å². The fraction of sp³-hybridized carbons (Fsp3) is 0.400. The molecule has 1 aromatic heterocycles. The molecule has 0 amide bonds. The van der Waals surface area contributed by atoms with Gasteiger partial charge in [0.2, 0.25) is 0 Å². The predicted octanol–water partition coefficient (Wildman–Crippen LogP) is -0.495. The van der Waals surface area contributed by atoms with Crippen LogP contribution in [0.4, 0.5) is 0 Å². The van der Waals surface area contributed by atoms with Crippen LogP contribution >= 0.6 is 23.5 Å². The molecule has 18 nitrogen and oxygen atoms in total. The molecule has 2 heterocycles. The number of ether oxygens (including phenoxy) is 1. The maximum atomic E-state index is 12.9. The van der Waals surface area contributed by atoms with Crippen LogP contribution in [0.5, 0.6) is 0 Å². The molecule has 1 fully saturated rings. The summed E-state index contributed by atoms with van der Waals surface area (Å²) in [5.74, 6) is 0. The Kier molecular flexibility index (Phi) is 11.9. The summed E-state index contributed by atoms with van der Waals surface area (Å²) < 4.78 is 50.6. The molecule has 15 N–H and O–H groups in total. The van der Waals surface area contributed by atoms with Crippen LogP contribution in [0.15, 0.2) is 35.3 Å². The fourth-order valence-electron chi connectivity index (χ4n) is 3.23. The van der Waals surface area contributed by atoms with Crippen molar-refractivity contribution in [2.45, 2.75) is 31.5 Å². The summed E-state index contributed by atoms with van der Waals surface area (Å²) >= 11 is 0. The second kappa shape index (κ2) is 12.4. The van der Waals surface area contributed by atoms with E-state index in [1.165, 1.54) is 6.20 Å². The average molecular weight is 582 g/mol. The van der Waals surface area contributed by atoms with E-state index in [9.17, 15) is 43.4 Å². The molecule has 0 spiro atoms. The molecule has 208 valence electrons. The van der Waals surface area contributed by atoms with Gasteiger partial charge >= 0.3 is 0 Å². The lowest BCUT2D eigenvalue weighted by molar-refractivity contribution is -0.250. The molecule has 21 heteroatoms. The molecular formula is C15H29N4O14P3. The summed E-state index contributed by atoms with van der Waals surface area (Å²) in [4.78, 5) is 54.6. The Bertz CT molecular complexity index is 1250. The number of pyridine rings is 1. The number of phosphoric ester groups is 1. The van der Waals surface area contributed by atoms with Gasteiger partial charge in [0.15, 0.2) is 6.23 Å². The molecular weight excluding hydrogens is 553 g/mol. The highest BCUT2D eigenvalue weighted by molar-refractivity contribution is 7.65. The van der Waals surface area contributed by atoms with Gasteiger partial charge in [-0.25, -0.2) is 8.62 Å². The van der Waals surface area contributed by atoms with Crippen molar-refractivity contribution in [3.05, 3.63) is 46.4 Å². The van der Waals surface area contributed by atoms with Crippen LogP contribution in [-0.4, -0.2) is 44.6 Å². The van der Waals surface area contributed by atoms with E-state index in [1.54, 1.807) is 31.2 Å². The molecule has 0 saturated carbocycles. The summed E-state index contributed by atoms with van der Waals surface area (Å²) in [5.41, 5.74) is 0.0794. The molecule has 36 heavy (non-hydrogen) atoms. The van der Waals surface area contributed by atoms with Gasteiger partial charge in [0.05, 0.1) is 12.0 Å². The first kappa shape index (κ1) is 34.6. The number of hydrogen-bond donors (Lipinski definition) is 6. The summed E-state index contributed by atoms with van der Waals surface area (Å²) in [7, 11) is -17.8. The normalized spacial score (nSPS) is 26.4. The van der Waals surface area contributed by atoms with Crippen molar-refractivity contribution in [2.75, 3.05) is 6.61 Å². The van der Waals surface area contributed by atoms with Crippen LogP contribution < -0.4 is 38.7 Å². The van der Waals surface area contributed by atoms with E-state index in [0.717, 1.165) is 4.57 Å². The minimum Gasteiger partial charge on any atom is -0.756 e. The highest BCUT2D eigenvalue weighted by Crippen LogP contribution is 2.61. The quantitative estimate of drug-likeness (QED) is 0.214. The van der Waals surface area contributed by atoms with E-state index in [4.69, 9.17) is 9.63 Å². The zero-order chi connectivity index (χ0) is 24.8. The number of aromatic nitrogens is 1. The number of aliphatic hydroxyl groups is 2. The number of aliphatic hydroxyl groups excluding tert-OH is 2. The molecule has 0 aliphatic carbocycles. The third-order valence-electron chi connectivity index (χ3n) is 4.58. The lowest BCUT2D eigenvalue weighted by atomic mass is 10.1. The fourth-order valence-corrected chi connectivity index (χ4v) is 6.12.